The van der Waals surface area contributed by atoms with Gasteiger partial charge in [-0.25, -0.2) is 0 Å². The lowest BCUT2D eigenvalue weighted by atomic mass is 9.78. The fourth-order valence-electron chi connectivity index (χ4n) is 3.26. The van der Waals surface area contributed by atoms with Gasteiger partial charge in [-0.15, -0.1) is 11.8 Å². The smallest absolute Gasteiger partial charge is 0.251 e. The zero-order valence-electron chi connectivity index (χ0n) is 13.0. The number of hydrogen-bond acceptors (Lipinski definition) is 3. The van der Waals surface area contributed by atoms with Crippen molar-refractivity contribution in [2.45, 2.75) is 44.0 Å². The quantitative estimate of drug-likeness (QED) is 0.880. The first-order valence-electron chi connectivity index (χ1n) is 7.92. The first kappa shape index (κ1) is 15.4. The van der Waals surface area contributed by atoms with Crippen LogP contribution in [0.3, 0.4) is 0 Å². The van der Waals surface area contributed by atoms with Gasteiger partial charge in [0, 0.05) is 16.5 Å². The van der Waals surface area contributed by atoms with Crippen molar-refractivity contribution in [1.82, 2.24) is 5.32 Å². The predicted octanol–water partition coefficient (Wildman–Crippen LogP) is 3.29. The van der Waals surface area contributed by atoms with Gasteiger partial charge in [-0.3, -0.25) is 9.59 Å². The molecule has 3 rings (SSSR count). The fraction of sp³-hybridized carbons (Fsp3) is 0.529. The van der Waals surface area contributed by atoms with Crippen molar-refractivity contribution >= 4 is 29.3 Å². The van der Waals surface area contributed by atoms with Crippen molar-refractivity contribution in [3.8, 4) is 0 Å². The van der Waals surface area contributed by atoms with E-state index in [-0.39, 0.29) is 17.9 Å². The number of nitrogens with one attached hydrogen (secondary N) is 2. The summed E-state index contributed by atoms with van der Waals surface area (Å²) in [6.07, 6.45) is 3.47. The zero-order chi connectivity index (χ0) is 15.7. The van der Waals surface area contributed by atoms with Crippen LogP contribution in [0.2, 0.25) is 0 Å². The van der Waals surface area contributed by atoms with E-state index in [1.807, 2.05) is 12.1 Å². The molecule has 1 aromatic carbocycles. The Bertz CT molecular complexity index is 602. The van der Waals surface area contributed by atoms with Crippen LogP contribution in [0.15, 0.2) is 23.1 Å². The highest BCUT2D eigenvalue weighted by molar-refractivity contribution is 8.00. The molecule has 0 aromatic heterocycles. The zero-order valence-corrected chi connectivity index (χ0v) is 13.8. The molecule has 0 spiro atoms. The summed E-state index contributed by atoms with van der Waals surface area (Å²) < 4.78 is 0. The maximum atomic E-state index is 12.5. The summed E-state index contributed by atoms with van der Waals surface area (Å²) in [4.78, 5) is 25.0. The van der Waals surface area contributed by atoms with E-state index in [0.29, 0.717) is 23.2 Å². The van der Waals surface area contributed by atoms with Gasteiger partial charge in [0.05, 0.1) is 11.4 Å². The monoisotopic (exact) mass is 318 g/mol. The largest absolute Gasteiger partial charge is 0.349 e. The van der Waals surface area contributed by atoms with Crippen LogP contribution in [0.25, 0.3) is 0 Å². The number of amides is 2. The van der Waals surface area contributed by atoms with E-state index in [4.69, 9.17) is 0 Å². The predicted molar refractivity (Wildman–Crippen MR) is 89.2 cm³/mol. The molecular formula is C17H22N2O2S. The van der Waals surface area contributed by atoms with Crippen molar-refractivity contribution < 1.29 is 9.59 Å². The van der Waals surface area contributed by atoms with Gasteiger partial charge in [0.15, 0.2) is 0 Å². The number of benzene rings is 1. The van der Waals surface area contributed by atoms with Gasteiger partial charge in [-0.1, -0.05) is 26.7 Å². The molecule has 2 N–H and O–H groups in total. The maximum absolute atomic E-state index is 12.5. The van der Waals surface area contributed by atoms with Crippen molar-refractivity contribution in [2.75, 3.05) is 11.1 Å². The topological polar surface area (TPSA) is 58.2 Å². The molecular weight excluding hydrogens is 296 g/mol. The van der Waals surface area contributed by atoms with Gasteiger partial charge < -0.3 is 10.6 Å². The van der Waals surface area contributed by atoms with Crippen LogP contribution >= 0.6 is 11.8 Å². The third-order valence-corrected chi connectivity index (χ3v) is 5.97. The van der Waals surface area contributed by atoms with Gasteiger partial charge in [0.2, 0.25) is 5.91 Å². The number of rotatable bonds is 2. The summed E-state index contributed by atoms with van der Waals surface area (Å²) in [6.45, 7) is 4.48. The Morgan fingerprint density at radius 1 is 1.32 bits per heavy atom. The standard InChI is InChI=1S/C17H22N2O2S/c1-10-4-3-5-13(11(10)2)19-17(21)12-6-7-15-14(8-12)18-16(20)9-22-15/h6-8,10-11,13H,3-5,9H2,1-2H3,(H,18,20)(H,19,21)/t10-,11+,13-/m0/s1. The fourth-order valence-corrected chi connectivity index (χ4v) is 4.05. The molecule has 118 valence electrons. The van der Waals surface area contributed by atoms with Crippen LogP contribution in [-0.4, -0.2) is 23.6 Å². The third-order valence-electron chi connectivity index (χ3n) is 4.90. The molecule has 0 bridgehead atoms. The Morgan fingerprint density at radius 2 is 2.14 bits per heavy atom. The molecule has 5 heteroatoms. The Labute approximate surface area is 135 Å². The van der Waals surface area contributed by atoms with Crippen molar-refractivity contribution in [2.24, 2.45) is 11.8 Å². The lowest BCUT2D eigenvalue weighted by Crippen LogP contribution is -2.43. The van der Waals surface area contributed by atoms with Crippen LogP contribution in [0.1, 0.15) is 43.5 Å². The van der Waals surface area contributed by atoms with Gasteiger partial charge in [0.1, 0.15) is 0 Å². The highest BCUT2D eigenvalue weighted by Crippen LogP contribution is 2.33. The number of hydrogen-bond donors (Lipinski definition) is 2. The Morgan fingerprint density at radius 3 is 2.95 bits per heavy atom. The van der Waals surface area contributed by atoms with Crippen LogP contribution in [-0.2, 0) is 4.79 Å². The van der Waals surface area contributed by atoms with E-state index in [1.165, 1.54) is 24.6 Å². The van der Waals surface area contributed by atoms with E-state index >= 15 is 0 Å². The van der Waals surface area contributed by atoms with Crippen LogP contribution < -0.4 is 10.6 Å². The van der Waals surface area contributed by atoms with E-state index in [1.54, 1.807) is 6.07 Å². The number of anilines is 1. The second kappa shape index (κ2) is 6.32. The molecule has 2 aliphatic rings. The van der Waals surface area contributed by atoms with Crippen molar-refractivity contribution in [3.05, 3.63) is 23.8 Å². The molecule has 0 unspecified atom stereocenters. The molecule has 22 heavy (non-hydrogen) atoms. The molecule has 1 fully saturated rings. The lowest BCUT2D eigenvalue weighted by molar-refractivity contribution is -0.113. The lowest BCUT2D eigenvalue weighted by Gasteiger charge is -2.34. The Balaban J connectivity index is 1.72. The summed E-state index contributed by atoms with van der Waals surface area (Å²) in [6, 6.07) is 5.79. The third kappa shape index (κ3) is 3.14. The summed E-state index contributed by atoms with van der Waals surface area (Å²) in [5, 5.41) is 6.01. The Kier molecular flexibility index (Phi) is 4.43. The molecule has 0 radical (unpaired) electrons. The molecule has 1 aliphatic carbocycles. The molecule has 1 saturated carbocycles. The molecule has 3 atom stereocenters. The number of thioether (sulfide) groups is 1. The van der Waals surface area contributed by atoms with E-state index in [0.717, 1.165) is 17.0 Å². The normalized spacial score (nSPS) is 27.7. The molecule has 4 nitrogen and oxygen atoms in total. The Hall–Kier alpha value is -1.49. The van der Waals surface area contributed by atoms with Gasteiger partial charge in [0.25, 0.3) is 5.91 Å². The number of carbonyl (C=O) groups excluding carboxylic acids is 2. The minimum Gasteiger partial charge on any atom is -0.349 e. The molecule has 1 aromatic rings. The van der Waals surface area contributed by atoms with Gasteiger partial charge >= 0.3 is 0 Å². The summed E-state index contributed by atoms with van der Waals surface area (Å²) in [5.74, 6) is 1.54. The highest BCUT2D eigenvalue weighted by Gasteiger charge is 2.28. The molecule has 0 saturated heterocycles. The average Bonchev–Trinajstić information content (AvgIpc) is 2.51. The van der Waals surface area contributed by atoms with Crippen LogP contribution in [0.4, 0.5) is 5.69 Å². The molecule has 1 heterocycles. The maximum Gasteiger partial charge on any atom is 0.251 e. The van der Waals surface area contributed by atoms with E-state index in [9.17, 15) is 9.59 Å². The number of fused-ring (bicyclic) bond motifs is 1. The summed E-state index contributed by atoms with van der Waals surface area (Å²) in [5.41, 5.74) is 1.37. The van der Waals surface area contributed by atoms with E-state index < -0.39 is 0 Å². The van der Waals surface area contributed by atoms with Crippen LogP contribution in [0.5, 0.6) is 0 Å². The summed E-state index contributed by atoms with van der Waals surface area (Å²) in [7, 11) is 0. The second-order valence-electron chi connectivity index (χ2n) is 6.40. The second-order valence-corrected chi connectivity index (χ2v) is 7.41. The van der Waals surface area contributed by atoms with Gasteiger partial charge in [-0.05, 0) is 36.5 Å². The number of carbonyl (C=O) groups is 2. The summed E-state index contributed by atoms with van der Waals surface area (Å²) >= 11 is 1.51. The molecule has 2 amide bonds. The highest BCUT2D eigenvalue weighted by atomic mass is 32.2. The van der Waals surface area contributed by atoms with Crippen molar-refractivity contribution in [1.29, 1.82) is 0 Å². The first-order valence-corrected chi connectivity index (χ1v) is 8.90. The molecule has 1 aliphatic heterocycles. The van der Waals surface area contributed by atoms with E-state index in [2.05, 4.69) is 24.5 Å². The van der Waals surface area contributed by atoms with Gasteiger partial charge in [-0.2, -0.15) is 0 Å². The minimum absolute atomic E-state index is 0.00946. The van der Waals surface area contributed by atoms with Crippen LogP contribution in [0, 0.1) is 11.8 Å². The first-order chi connectivity index (χ1) is 10.5. The average molecular weight is 318 g/mol. The van der Waals surface area contributed by atoms with Crippen molar-refractivity contribution in [3.63, 3.8) is 0 Å². The SMILES string of the molecule is C[C@H]1[C@@H](NC(=O)c2ccc3c(c2)NC(=O)CS3)CCC[C@@H]1C. The minimum atomic E-state index is -0.0430.